The lowest BCUT2D eigenvalue weighted by Crippen LogP contribution is -2.49. The molecule has 7 heteroatoms. The van der Waals surface area contributed by atoms with Crippen molar-refractivity contribution in [3.05, 3.63) is 70.5 Å². The van der Waals surface area contributed by atoms with Gasteiger partial charge in [-0.05, 0) is 23.8 Å². The molecule has 0 radical (unpaired) electrons. The molecule has 0 N–H and O–H groups in total. The molecule has 3 saturated heterocycles. The van der Waals surface area contributed by atoms with Gasteiger partial charge < -0.3 is 14.5 Å². The summed E-state index contributed by atoms with van der Waals surface area (Å²) in [4.78, 5) is 29.3. The Morgan fingerprint density at radius 2 is 2.00 bits per heavy atom. The van der Waals surface area contributed by atoms with E-state index in [1.165, 1.54) is 12.1 Å². The normalized spacial score (nSPS) is 28.6. The zero-order chi connectivity index (χ0) is 19.5. The summed E-state index contributed by atoms with van der Waals surface area (Å²) in [6.45, 7) is 0.806. The third-order valence-corrected chi connectivity index (χ3v) is 6.30. The Hall–Kier alpha value is -2.44. The van der Waals surface area contributed by atoms with Crippen LogP contribution in [0.5, 0.6) is 0 Å². The van der Waals surface area contributed by atoms with E-state index in [0.717, 1.165) is 11.6 Å². The summed E-state index contributed by atoms with van der Waals surface area (Å²) in [5, 5.41) is 0.235. The van der Waals surface area contributed by atoms with Crippen molar-refractivity contribution in [1.29, 1.82) is 0 Å². The number of carbonyl (C=O) groups excluding carboxylic acids is 2. The van der Waals surface area contributed by atoms with Crippen molar-refractivity contribution in [3.8, 4) is 0 Å². The van der Waals surface area contributed by atoms with E-state index < -0.39 is 23.5 Å². The highest BCUT2D eigenvalue weighted by Gasteiger charge is 2.65. The SMILES string of the molecule is O=C(c1ccc(Cl)cc1F)N1CC[C@@]23OC[C@@H](c4ccccc4)N2C(=O)C[C@@H]13. The van der Waals surface area contributed by atoms with Crippen LogP contribution in [0.15, 0.2) is 48.5 Å². The van der Waals surface area contributed by atoms with Crippen LogP contribution in [0.4, 0.5) is 4.39 Å². The number of ether oxygens (including phenoxy) is 1. The maximum Gasteiger partial charge on any atom is 0.257 e. The fourth-order valence-corrected chi connectivity index (χ4v) is 4.99. The van der Waals surface area contributed by atoms with Crippen LogP contribution in [0.3, 0.4) is 0 Å². The van der Waals surface area contributed by atoms with Crippen molar-refractivity contribution in [1.82, 2.24) is 9.80 Å². The Morgan fingerprint density at radius 3 is 2.75 bits per heavy atom. The van der Waals surface area contributed by atoms with E-state index in [1.54, 1.807) is 9.80 Å². The highest BCUT2D eigenvalue weighted by molar-refractivity contribution is 6.30. The van der Waals surface area contributed by atoms with Gasteiger partial charge in [0.2, 0.25) is 5.91 Å². The molecule has 0 bridgehead atoms. The monoisotopic (exact) mass is 400 g/mol. The number of carbonyl (C=O) groups is 2. The second kappa shape index (κ2) is 6.29. The molecule has 144 valence electrons. The molecule has 5 rings (SSSR count). The van der Waals surface area contributed by atoms with Crippen LogP contribution >= 0.6 is 11.6 Å². The summed E-state index contributed by atoms with van der Waals surface area (Å²) in [5.74, 6) is -1.13. The first-order valence-electron chi connectivity index (χ1n) is 9.28. The molecule has 3 aliphatic rings. The second-order valence-electron chi connectivity index (χ2n) is 7.44. The summed E-state index contributed by atoms with van der Waals surface area (Å²) in [6, 6.07) is 13.2. The molecule has 2 aromatic carbocycles. The van der Waals surface area contributed by atoms with E-state index in [4.69, 9.17) is 16.3 Å². The summed E-state index contributed by atoms with van der Waals surface area (Å²) in [5.41, 5.74) is 0.155. The summed E-state index contributed by atoms with van der Waals surface area (Å²) in [7, 11) is 0. The first-order valence-corrected chi connectivity index (χ1v) is 9.66. The van der Waals surface area contributed by atoms with Crippen LogP contribution in [0.25, 0.3) is 0 Å². The number of rotatable bonds is 2. The Labute approximate surface area is 166 Å². The first-order chi connectivity index (χ1) is 13.5. The molecule has 3 aliphatic heterocycles. The number of nitrogens with zero attached hydrogens (tertiary/aromatic N) is 2. The number of benzene rings is 2. The average molecular weight is 401 g/mol. The summed E-state index contributed by atoms with van der Waals surface area (Å²) < 4.78 is 20.5. The highest BCUT2D eigenvalue weighted by Crippen LogP contribution is 2.51. The lowest BCUT2D eigenvalue weighted by Gasteiger charge is -2.33. The van der Waals surface area contributed by atoms with Crippen LogP contribution in [-0.2, 0) is 9.53 Å². The van der Waals surface area contributed by atoms with Gasteiger partial charge in [-0.1, -0.05) is 41.9 Å². The molecule has 0 aromatic heterocycles. The first kappa shape index (κ1) is 17.6. The van der Waals surface area contributed by atoms with Crippen molar-refractivity contribution in [2.45, 2.75) is 30.7 Å². The fraction of sp³-hybridized carbons (Fsp3) is 0.333. The highest BCUT2D eigenvalue weighted by atomic mass is 35.5. The van der Waals surface area contributed by atoms with Crippen molar-refractivity contribution >= 4 is 23.4 Å². The maximum atomic E-state index is 14.3. The van der Waals surface area contributed by atoms with E-state index in [-0.39, 0.29) is 29.0 Å². The minimum Gasteiger partial charge on any atom is -0.351 e. The number of hydrogen-bond donors (Lipinski definition) is 0. The van der Waals surface area contributed by atoms with Gasteiger partial charge in [-0.3, -0.25) is 9.59 Å². The Balaban J connectivity index is 1.47. The van der Waals surface area contributed by atoms with Gasteiger partial charge in [0.25, 0.3) is 5.91 Å². The molecule has 0 unspecified atom stereocenters. The van der Waals surface area contributed by atoms with E-state index in [2.05, 4.69) is 0 Å². The predicted octanol–water partition coefficient (Wildman–Crippen LogP) is 3.39. The molecular formula is C21H18ClFN2O3. The quantitative estimate of drug-likeness (QED) is 0.776. The summed E-state index contributed by atoms with van der Waals surface area (Å²) in [6.07, 6.45) is 0.706. The molecule has 1 spiro atoms. The van der Waals surface area contributed by atoms with Crippen LogP contribution in [-0.4, -0.2) is 46.5 Å². The van der Waals surface area contributed by atoms with Crippen molar-refractivity contribution in [2.24, 2.45) is 0 Å². The van der Waals surface area contributed by atoms with Gasteiger partial charge in [0, 0.05) is 18.0 Å². The zero-order valence-electron chi connectivity index (χ0n) is 15.0. The number of likely N-dealkylation sites (tertiary alicyclic amines) is 1. The smallest absolute Gasteiger partial charge is 0.257 e. The molecule has 3 atom stereocenters. The number of hydrogen-bond acceptors (Lipinski definition) is 3. The topological polar surface area (TPSA) is 49.9 Å². The Morgan fingerprint density at radius 1 is 1.21 bits per heavy atom. The molecular weight excluding hydrogens is 383 g/mol. The third kappa shape index (κ3) is 2.41. The van der Waals surface area contributed by atoms with E-state index in [0.29, 0.717) is 19.6 Å². The molecule has 2 amide bonds. The predicted molar refractivity (Wildman–Crippen MR) is 100 cm³/mol. The number of halogens is 2. The lowest BCUT2D eigenvalue weighted by atomic mass is 10.0. The molecule has 5 nitrogen and oxygen atoms in total. The zero-order valence-corrected chi connectivity index (χ0v) is 15.7. The van der Waals surface area contributed by atoms with E-state index >= 15 is 0 Å². The lowest BCUT2D eigenvalue weighted by molar-refractivity contribution is -0.138. The van der Waals surface area contributed by atoms with Crippen molar-refractivity contribution in [3.63, 3.8) is 0 Å². The molecule has 0 saturated carbocycles. The molecule has 3 fully saturated rings. The third-order valence-electron chi connectivity index (χ3n) is 6.06. The van der Waals surface area contributed by atoms with Crippen LogP contribution in [0.1, 0.15) is 34.8 Å². The van der Waals surface area contributed by atoms with E-state index in [1.807, 2.05) is 30.3 Å². The molecule has 0 aliphatic carbocycles. The van der Waals surface area contributed by atoms with Crippen LogP contribution in [0, 0.1) is 5.82 Å². The maximum absolute atomic E-state index is 14.3. The minimum absolute atomic E-state index is 0.0366. The number of amides is 2. The van der Waals surface area contributed by atoms with E-state index in [9.17, 15) is 14.0 Å². The van der Waals surface area contributed by atoms with Gasteiger partial charge in [0.15, 0.2) is 5.72 Å². The van der Waals surface area contributed by atoms with Crippen molar-refractivity contribution < 1.29 is 18.7 Å². The molecule has 2 aromatic rings. The molecule has 28 heavy (non-hydrogen) atoms. The summed E-state index contributed by atoms with van der Waals surface area (Å²) >= 11 is 5.80. The van der Waals surface area contributed by atoms with Crippen molar-refractivity contribution in [2.75, 3.05) is 13.2 Å². The minimum atomic E-state index is -0.823. The largest absolute Gasteiger partial charge is 0.351 e. The van der Waals surface area contributed by atoms with Crippen LogP contribution in [0.2, 0.25) is 5.02 Å². The Kier molecular flexibility index (Phi) is 3.96. The fourth-order valence-electron chi connectivity index (χ4n) is 4.83. The second-order valence-corrected chi connectivity index (χ2v) is 7.88. The van der Waals surface area contributed by atoms with Gasteiger partial charge >= 0.3 is 0 Å². The van der Waals surface area contributed by atoms with Crippen LogP contribution < -0.4 is 0 Å². The van der Waals surface area contributed by atoms with Gasteiger partial charge in [0.1, 0.15) is 5.82 Å². The standard InChI is InChI=1S/C21H18ClFN2O3/c22-14-6-7-15(16(23)10-14)20(27)24-9-8-21-18(24)11-19(26)25(21)17(12-28-21)13-4-2-1-3-5-13/h1-7,10,17-18H,8-9,11-12H2/t17-,18+,21-/m0/s1. The molecule has 3 heterocycles. The van der Waals surface area contributed by atoms with Gasteiger partial charge in [-0.25, -0.2) is 4.39 Å². The average Bonchev–Trinajstić information content (AvgIpc) is 3.31. The van der Waals surface area contributed by atoms with Gasteiger partial charge in [-0.2, -0.15) is 0 Å². The van der Waals surface area contributed by atoms with Gasteiger partial charge in [-0.15, -0.1) is 0 Å². The Bertz CT molecular complexity index is 969. The van der Waals surface area contributed by atoms with Gasteiger partial charge in [0.05, 0.1) is 30.7 Å².